The fraction of sp³-hybridized carbons (Fsp3) is 0.200. The molecule has 2 rings (SSSR count). The molecule has 1 nitrogen and oxygen atoms in total. The molecule has 0 radical (unpaired) electrons. The molecule has 0 aromatic heterocycles. The average Bonchev–Trinajstić information content (AvgIpc) is 2.32. The summed E-state index contributed by atoms with van der Waals surface area (Å²) < 4.78 is 2.16. The van der Waals surface area contributed by atoms with E-state index >= 15 is 0 Å². The van der Waals surface area contributed by atoms with Gasteiger partial charge >= 0.3 is 0 Å². The van der Waals surface area contributed by atoms with Gasteiger partial charge in [0.25, 0.3) is 0 Å². The second-order valence-electron chi connectivity index (χ2n) is 4.41. The summed E-state index contributed by atoms with van der Waals surface area (Å²) >= 11 is 7.04. The number of rotatable bonds is 3. The first-order valence-electron chi connectivity index (χ1n) is 5.81. The van der Waals surface area contributed by atoms with Gasteiger partial charge in [-0.25, -0.2) is 0 Å². The van der Waals surface area contributed by atoms with Crippen LogP contribution in [0.5, 0.6) is 0 Å². The fourth-order valence-corrected chi connectivity index (χ4v) is 2.62. The van der Waals surface area contributed by atoms with Gasteiger partial charge in [0.05, 0.1) is 0 Å². The van der Waals surface area contributed by atoms with Crippen molar-refractivity contribution >= 4 is 37.5 Å². The van der Waals surface area contributed by atoms with Crippen LogP contribution in [0.1, 0.15) is 16.7 Å². The predicted molar refractivity (Wildman–Crippen MR) is 85.1 cm³/mol. The van der Waals surface area contributed by atoms with Gasteiger partial charge in [0.1, 0.15) is 0 Å². The van der Waals surface area contributed by atoms with E-state index in [-0.39, 0.29) is 0 Å². The molecular weight excluding hydrogens is 354 g/mol. The molecule has 0 fully saturated rings. The largest absolute Gasteiger partial charge is 0.380 e. The van der Waals surface area contributed by atoms with Gasteiger partial charge in [0.15, 0.2) is 0 Å². The number of nitrogens with one attached hydrogen (secondary N) is 1. The third-order valence-electron chi connectivity index (χ3n) is 2.90. The number of hydrogen-bond donors (Lipinski definition) is 1. The van der Waals surface area contributed by atoms with Crippen molar-refractivity contribution in [2.45, 2.75) is 20.4 Å². The highest BCUT2D eigenvalue weighted by Gasteiger charge is 2.02. The van der Waals surface area contributed by atoms with Crippen LogP contribution in [0.2, 0.25) is 0 Å². The first-order valence-corrected chi connectivity index (χ1v) is 7.40. The van der Waals surface area contributed by atoms with E-state index in [0.717, 1.165) is 21.2 Å². The van der Waals surface area contributed by atoms with E-state index in [1.165, 1.54) is 16.7 Å². The maximum absolute atomic E-state index is 3.55. The topological polar surface area (TPSA) is 12.0 Å². The van der Waals surface area contributed by atoms with Gasteiger partial charge in [-0.05, 0) is 59.1 Å². The molecular formula is C15H15Br2N. The van der Waals surface area contributed by atoms with Gasteiger partial charge in [0, 0.05) is 21.2 Å². The molecule has 0 saturated carbocycles. The molecule has 0 aliphatic carbocycles. The van der Waals surface area contributed by atoms with E-state index in [9.17, 15) is 0 Å². The zero-order valence-electron chi connectivity index (χ0n) is 10.4. The minimum Gasteiger partial charge on any atom is -0.380 e. The van der Waals surface area contributed by atoms with E-state index in [2.05, 4.69) is 75.3 Å². The van der Waals surface area contributed by atoms with Gasteiger partial charge in [-0.3, -0.25) is 0 Å². The first kappa shape index (κ1) is 13.6. The highest BCUT2D eigenvalue weighted by atomic mass is 79.9. The molecule has 0 aliphatic rings. The van der Waals surface area contributed by atoms with Crippen molar-refractivity contribution in [1.82, 2.24) is 0 Å². The lowest BCUT2D eigenvalue weighted by Gasteiger charge is -2.11. The van der Waals surface area contributed by atoms with Gasteiger partial charge < -0.3 is 5.32 Å². The van der Waals surface area contributed by atoms with E-state index < -0.39 is 0 Å². The zero-order valence-corrected chi connectivity index (χ0v) is 13.6. The van der Waals surface area contributed by atoms with Crippen LogP contribution in [0.15, 0.2) is 45.3 Å². The van der Waals surface area contributed by atoms with Crippen molar-refractivity contribution in [3.05, 3.63) is 62.0 Å². The van der Waals surface area contributed by atoms with E-state index in [4.69, 9.17) is 0 Å². The number of aryl methyl sites for hydroxylation is 2. The number of benzene rings is 2. The Morgan fingerprint density at radius 3 is 2.50 bits per heavy atom. The van der Waals surface area contributed by atoms with Crippen molar-refractivity contribution in [2.75, 3.05) is 5.32 Å². The second kappa shape index (κ2) is 5.89. The van der Waals surface area contributed by atoms with Crippen LogP contribution < -0.4 is 5.32 Å². The maximum Gasteiger partial charge on any atom is 0.0498 e. The Labute approximate surface area is 125 Å². The fourth-order valence-electron chi connectivity index (χ4n) is 1.87. The molecule has 0 atom stereocenters. The third kappa shape index (κ3) is 3.36. The molecule has 0 unspecified atom stereocenters. The Kier molecular flexibility index (Phi) is 4.46. The van der Waals surface area contributed by atoms with Gasteiger partial charge in [0.2, 0.25) is 0 Å². The lowest BCUT2D eigenvalue weighted by molar-refractivity contribution is 1.11. The summed E-state index contributed by atoms with van der Waals surface area (Å²) in [4.78, 5) is 0. The van der Waals surface area contributed by atoms with Crippen LogP contribution >= 0.6 is 31.9 Å². The maximum atomic E-state index is 3.55. The third-order valence-corrected chi connectivity index (χ3v) is 4.08. The van der Waals surface area contributed by atoms with E-state index in [1.54, 1.807) is 0 Å². The summed E-state index contributed by atoms with van der Waals surface area (Å²) in [5.41, 5.74) is 5.06. The summed E-state index contributed by atoms with van der Waals surface area (Å²) in [6.45, 7) is 5.11. The normalized spacial score (nSPS) is 10.4. The van der Waals surface area contributed by atoms with Crippen LogP contribution in [0.3, 0.4) is 0 Å². The minimum absolute atomic E-state index is 0.834. The van der Waals surface area contributed by atoms with Crippen LogP contribution in [0.4, 0.5) is 5.69 Å². The molecule has 94 valence electrons. The Hall–Kier alpha value is -0.800. The lowest BCUT2D eigenvalue weighted by atomic mass is 10.1. The molecule has 0 amide bonds. The molecule has 0 bridgehead atoms. The molecule has 2 aromatic carbocycles. The number of hydrogen-bond acceptors (Lipinski definition) is 1. The summed E-state index contributed by atoms with van der Waals surface area (Å²) in [5.74, 6) is 0. The molecule has 3 heteroatoms. The van der Waals surface area contributed by atoms with E-state index in [0.29, 0.717) is 0 Å². The highest BCUT2D eigenvalue weighted by molar-refractivity contribution is 9.11. The summed E-state index contributed by atoms with van der Waals surface area (Å²) in [5, 5.41) is 3.45. The quantitative estimate of drug-likeness (QED) is 0.760. The Balaban J connectivity index is 2.13. The molecule has 18 heavy (non-hydrogen) atoms. The standard InChI is InChI=1S/C15H15Br2N/c1-10-3-4-12(11(2)7-10)9-18-15-8-13(16)5-6-14(15)17/h3-8,18H,9H2,1-2H3. The van der Waals surface area contributed by atoms with Crippen molar-refractivity contribution in [2.24, 2.45) is 0 Å². The van der Waals surface area contributed by atoms with Gasteiger partial charge in [-0.2, -0.15) is 0 Å². The summed E-state index contributed by atoms with van der Waals surface area (Å²) in [6, 6.07) is 12.7. The smallest absolute Gasteiger partial charge is 0.0498 e. The zero-order chi connectivity index (χ0) is 13.1. The van der Waals surface area contributed by atoms with Crippen LogP contribution in [-0.2, 0) is 6.54 Å². The van der Waals surface area contributed by atoms with Crippen molar-refractivity contribution in [3.8, 4) is 0 Å². The number of anilines is 1. The van der Waals surface area contributed by atoms with E-state index in [1.807, 2.05) is 12.1 Å². The second-order valence-corrected chi connectivity index (χ2v) is 6.18. The first-order chi connectivity index (χ1) is 8.56. The van der Waals surface area contributed by atoms with Gasteiger partial charge in [-0.15, -0.1) is 0 Å². The van der Waals surface area contributed by atoms with Crippen molar-refractivity contribution in [1.29, 1.82) is 0 Å². The minimum atomic E-state index is 0.834. The average molecular weight is 369 g/mol. The molecule has 2 aromatic rings. The van der Waals surface area contributed by atoms with Crippen LogP contribution in [0, 0.1) is 13.8 Å². The SMILES string of the molecule is Cc1ccc(CNc2cc(Br)ccc2Br)c(C)c1. The van der Waals surface area contributed by atoms with Crippen molar-refractivity contribution in [3.63, 3.8) is 0 Å². The van der Waals surface area contributed by atoms with Crippen LogP contribution in [0.25, 0.3) is 0 Å². The molecule has 0 heterocycles. The molecule has 0 saturated heterocycles. The number of halogens is 2. The Morgan fingerprint density at radius 2 is 1.78 bits per heavy atom. The molecule has 0 spiro atoms. The lowest BCUT2D eigenvalue weighted by Crippen LogP contribution is -2.02. The van der Waals surface area contributed by atoms with Gasteiger partial charge in [-0.1, -0.05) is 39.7 Å². The van der Waals surface area contributed by atoms with Crippen molar-refractivity contribution < 1.29 is 0 Å². The summed E-state index contributed by atoms with van der Waals surface area (Å²) in [7, 11) is 0. The monoisotopic (exact) mass is 367 g/mol. The molecule has 1 N–H and O–H groups in total. The Morgan fingerprint density at radius 1 is 1.00 bits per heavy atom. The molecule has 0 aliphatic heterocycles. The Bertz CT molecular complexity index is 564. The highest BCUT2D eigenvalue weighted by Crippen LogP contribution is 2.26. The van der Waals surface area contributed by atoms with Crippen LogP contribution in [-0.4, -0.2) is 0 Å². The predicted octanol–water partition coefficient (Wildman–Crippen LogP) is 5.44. The summed E-state index contributed by atoms with van der Waals surface area (Å²) in [6.07, 6.45) is 0.